The number of hydrogen-bond acceptors (Lipinski definition) is 5. The van der Waals surface area contributed by atoms with Crippen molar-refractivity contribution in [3.63, 3.8) is 0 Å². The van der Waals surface area contributed by atoms with Crippen LogP contribution < -0.4 is 10.2 Å². The van der Waals surface area contributed by atoms with Gasteiger partial charge in [0, 0.05) is 70.7 Å². The normalized spacial score (nSPS) is 14.3. The molecular weight excluding hydrogens is 566 g/mol. The maximum atomic E-state index is 13.0. The second-order valence-electron chi connectivity index (χ2n) is 10.3. The van der Waals surface area contributed by atoms with Crippen LogP contribution in [0.15, 0.2) is 91.3 Å². The standard InChI is InChI=1S/C33H30ClN5O4/c34-25-4-3-5-27(19-25)39-21-23(32(37-39)22-8-11-26(12-9-22)38-14-16-43-17-15-38)10-13-31(40)36-30(33(41)42)18-24-20-35-29-7-2-1-6-28(24)29/h1-13,19-21,30,35H,14-18H2,(H,36,40)(H,41,42)/t30-/m0/s1. The van der Waals surface area contributed by atoms with Gasteiger partial charge in [-0.2, -0.15) is 5.10 Å². The van der Waals surface area contributed by atoms with Crippen molar-refractivity contribution in [2.75, 3.05) is 31.2 Å². The van der Waals surface area contributed by atoms with Gasteiger partial charge in [0.15, 0.2) is 0 Å². The Morgan fingerprint density at radius 2 is 1.84 bits per heavy atom. The van der Waals surface area contributed by atoms with E-state index in [0.717, 1.165) is 46.5 Å². The Morgan fingerprint density at radius 3 is 2.60 bits per heavy atom. The summed E-state index contributed by atoms with van der Waals surface area (Å²) in [5.74, 6) is -1.63. The van der Waals surface area contributed by atoms with Gasteiger partial charge >= 0.3 is 5.97 Å². The lowest BCUT2D eigenvalue weighted by Gasteiger charge is -2.28. The van der Waals surface area contributed by atoms with Crippen molar-refractivity contribution in [3.8, 4) is 16.9 Å². The number of carboxylic acids is 1. The van der Waals surface area contributed by atoms with Gasteiger partial charge in [-0.25, -0.2) is 9.48 Å². The molecule has 6 rings (SSSR count). The minimum atomic E-state index is -1.11. The largest absolute Gasteiger partial charge is 0.480 e. The van der Waals surface area contributed by atoms with E-state index in [9.17, 15) is 14.7 Å². The van der Waals surface area contributed by atoms with Crippen LogP contribution in [-0.4, -0.2) is 64.1 Å². The van der Waals surface area contributed by atoms with Crippen LogP contribution in [0.2, 0.25) is 5.02 Å². The Labute approximate surface area is 253 Å². The Hall–Kier alpha value is -4.86. The molecule has 3 aromatic carbocycles. The summed E-state index contributed by atoms with van der Waals surface area (Å²) in [5, 5.41) is 18.8. The highest BCUT2D eigenvalue weighted by Crippen LogP contribution is 2.28. The first-order valence-corrected chi connectivity index (χ1v) is 14.4. The molecule has 2 aromatic heterocycles. The molecular formula is C33H30ClN5O4. The van der Waals surface area contributed by atoms with E-state index in [1.54, 1.807) is 23.0 Å². The molecule has 3 heterocycles. The number of aromatic amines is 1. The van der Waals surface area contributed by atoms with Crippen molar-refractivity contribution in [2.45, 2.75) is 12.5 Å². The van der Waals surface area contributed by atoms with Crippen LogP contribution in [0, 0.1) is 0 Å². The quantitative estimate of drug-likeness (QED) is 0.198. The van der Waals surface area contributed by atoms with Gasteiger partial charge in [-0.05, 0) is 48.0 Å². The maximum absolute atomic E-state index is 13.0. The van der Waals surface area contributed by atoms with Crippen LogP contribution >= 0.6 is 11.6 Å². The van der Waals surface area contributed by atoms with Crippen LogP contribution in [-0.2, 0) is 20.7 Å². The molecule has 43 heavy (non-hydrogen) atoms. The number of nitrogens with one attached hydrogen (secondary N) is 2. The lowest BCUT2D eigenvalue weighted by molar-refractivity contribution is -0.141. The summed E-state index contributed by atoms with van der Waals surface area (Å²) in [6.07, 6.45) is 6.74. The number of carbonyl (C=O) groups excluding carboxylic acids is 1. The second-order valence-corrected chi connectivity index (χ2v) is 10.7. The molecule has 1 fully saturated rings. The fourth-order valence-corrected chi connectivity index (χ4v) is 5.43. The molecule has 0 radical (unpaired) electrons. The SMILES string of the molecule is O=C(C=Cc1cn(-c2cccc(Cl)c2)nc1-c1ccc(N2CCOCC2)cc1)N[C@@H](Cc1c[nH]c2ccccc12)C(=O)O. The maximum Gasteiger partial charge on any atom is 0.326 e. The molecule has 0 spiro atoms. The number of aromatic nitrogens is 3. The van der Waals surface area contributed by atoms with E-state index in [2.05, 4.69) is 27.3 Å². The number of ether oxygens (including phenoxy) is 1. The van der Waals surface area contributed by atoms with Gasteiger partial charge in [0.25, 0.3) is 0 Å². The molecule has 0 bridgehead atoms. The zero-order valence-electron chi connectivity index (χ0n) is 23.2. The van der Waals surface area contributed by atoms with Crippen LogP contribution in [0.25, 0.3) is 33.9 Å². The van der Waals surface area contributed by atoms with Crippen molar-refractivity contribution in [2.24, 2.45) is 0 Å². The summed E-state index contributed by atoms with van der Waals surface area (Å²) in [5.41, 5.74) is 5.85. The predicted octanol–water partition coefficient (Wildman–Crippen LogP) is 5.34. The predicted molar refractivity (Wildman–Crippen MR) is 168 cm³/mol. The topological polar surface area (TPSA) is 112 Å². The summed E-state index contributed by atoms with van der Waals surface area (Å²) < 4.78 is 7.19. The lowest BCUT2D eigenvalue weighted by Crippen LogP contribution is -2.41. The molecule has 5 aromatic rings. The molecule has 1 aliphatic heterocycles. The highest BCUT2D eigenvalue weighted by Gasteiger charge is 2.21. The Morgan fingerprint density at radius 1 is 1.05 bits per heavy atom. The summed E-state index contributed by atoms with van der Waals surface area (Å²) >= 11 is 6.24. The number of aliphatic carboxylic acids is 1. The Balaban J connectivity index is 1.25. The third-order valence-corrected chi connectivity index (χ3v) is 7.70. The van der Waals surface area contributed by atoms with Crippen LogP contribution in [0.3, 0.4) is 0 Å². The number of para-hydroxylation sites is 1. The summed E-state index contributed by atoms with van der Waals surface area (Å²) in [4.78, 5) is 30.5. The minimum absolute atomic E-state index is 0.145. The number of benzene rings is 3. The number of halogens is 1. The Kier molecular flexibility index (Phi) is 8.26. The first-order valence-electron chi connectivity index (χ1n) is 14.0. The number of amides is 1. The summed E-state index contributed by atoms with van der Waals surface area (Å²) in [6.45, 7) is 3.08. The van der Waals surface area contributed by atoms with Crippen molar-refractivity contribution >= 4 is 46.1 Å². The average Bonchev–Trinajstić information content (AvgIpc) is 3.65. The first kappa shape index (κ1) is 28.3. The van der Waals surface area contributed by atoms with Gasteiger partial charge in [-0.1, -0.05) is 48.0 Å². The molecule has 10 heteroatoms. The van der Waals surface area contributed by atoms with E-state index in [0.29, 0.717) is 29.5 Å². The van der Waals surface area contributed by atoms with Crippen LogP contribution in [0.5, 0.6) is 0 Å². The number of rotatable bonds is 9. The fourth-order valence-electron chi connectivity index (χ4n) is 5.24. The van der Waals surface area contributed by atoms with Crippen LogP contribution in [0.1, 0.15) is 11.1 Å². The van der Waals surface area contributed by atoms with E-state index in [-0.39, 0.29) is 6.42 Å². The number of morpholine rings is 1. The number of nitrogens with zero attached hydrogens (tertiary/aromatic N) is 3. The molecule has 1 aliphatic rings. The lowest BCUT2D eigenvalue weighted by atomic mass is 10.0. The zero-order valence-corrected chi connectivity index (χ0v) is 24.0. The molecule has 218 valence electrons. The molecule has 1 amide bonds. The number of carboxylic acid groups (broad SMARTS) is 1. The fraction of sp³-hybridized carbons (Fsp3) is 0.182. The van der Waals surface area contributed by atoms with E-state index >= 15 is 0 Å². The van der Waals surface area contributed by atoms with E-state index in [4.69, 9.17) is 21.4 Å². The zero-order chi connectivity index (χ0) is 29.8. The molecule has 3 N–H and O–H groups in total. The van der Waals surface area contributed by atoms with E-state index in [1.165, 1.54) is 6.08 Å². The molecule has 0 aliphatic carbocycles. The number of H-pyrrole nitrogens is 1. The number of fused-ring (bicyclic) bond motifs is 1. The Bertz CT molecular complexity index is 1790. The van der Waals surface area contributed by atoms with Gasteiger partial charge in [0.2, 0.25) is 5.91 Å². The third kappa shape index (κ3) is 6.48. The second kappa shape index (κ2) is 12.6. The van der Waals surface area contributed by atoms with Gasteiger partial charge in [-0.3, -0.25) is 4.79 Å². The van der Waals surface area contributed by atoms with Crippen LogP contribution in [0.4, 0.5) is 5.69 Å². The highest BCUT2D eigenvalue weighted by atomic mass is 35.5. The molecule has 0 saturated carbocycles. The first-order chi connectivity index (χ1) is 20.9. The number of anilines is 1. The van der Waals surface area contributed by atoms with Gasteiger partial charge in [0.05, 0.1) is 24.6 Å². The molecule has 1 saturated heterocycles. The monoisotopic (exact) mass is 595 g/mol. The highest BCUT2D eigenvalue weighted by molar-refractivity contribution is 6.30. The van der Waals surface area contributed by atoms with Gasteiger partial charge < -0.3 is 25.0 Å². The van der Waals surface area contributed by atoms with Crippen molar-refractivity contribution in [1.29, 1.82) is 0 Å². The molecule has 1 atom stereocenters. The summed E-state index contributed by atoms with van der Waals surface area (Å²) in [7, 11) is 0. The molecule has 0 unspecified atom stereocenters. The van der Waals surface area contributed by atoms with Gasteiger partial charge in [0.1, 0.15) is 6.04 Å². The third-order valence-electron chi connectivity index (χ3n) is 7.46. The number of carbonyl (C=O) groups is 2. The average molecular weight is 596 g/mol. The van der Waals surface area contributed by atoms with Gasteiger partial charge in [-0.15, -0.1) is 0 Å². The molecule has 9 nitrogen and oxygen atoms in total. The van der Waals surface area contributed by atoms with Crippen molar-refractivity contribution in [3.05, 3.63) is 107 Å². The minimum Gasteiger partial charge on any atom is -0.480 e. The van der Waals surface area contributed by atoms with Crippen molar-refractivity contribution in [1.82, 2.24) is 20.1 Å². The van der Waals surface area contributed by atoms with E-state index in [1.807, 2.05) is 60.8 Å². The summed E-state index contributed by atoms with van der Waals surface area (Å²) in [6, 6.07) is 22.0. The smallest absolute Gasteiger partial charge is 0.326 e. The van der Waals surface area contributed by atoms with E-state index < -0.39 is 17.9 Å². The van der Waals surface area contributed by atoms with Crippen molar-refractivity contribution < 1.29 is 19.4 Å². The number of hydrogen-bond donors (Lipinski definition) is 3.